The highest BCUT2D eigenvalue weighted by molar-refractivity contribution is 7.98. The largest absolute Gasteiger partial charge is 0.497 e. The summed E-state index contributed by atoms with van der Waals surface area (Å²) in [7, 11) is 1.59. The summed E-state index contributed by atoms with van der Waals surface area (Å²) >= 11 is 8.37. The highest BCUT2D eigenvalue weighted by atomic mass is 35.5. The number of hydrogen-bond donors (Lipinski definition) is 3. The van der Waals surface area contributed by atoms with Crippen LogP contribution in [-0.2, 0) is 22.9 Å². The molecule has 4 rings (SSSR count). The number of ether oxygens (including phenoxy) is 2. The fraction of sp³-hybridized carbons (Fsp3) is 0.286. The minimum atomic E-state index is -0.664. The van der Waals surface area contributed by atoms with Crippen LogP contribution in [-0.4, -0.2) is 34.8 Å². The number of methoxy groups -OCH3 is 1. The number of nitrogens with one attached hydrogen (secondary N) is 3. The number of halogens is 4. The molecule has 236 valence electrons. The number of carbonyl (C=O) groups is 2. The Balaban J connectivity index is 0.000000281. The topological polar surface area (TPSA) is 114 Å². The van der Waals surface area contributed by atoms with Crippen molar-refractivity contribution in [2.45, 2.75) is 49.4 Å². The van der Waals surface area contributed by atoms with Gasteiger partial charge in [-0.05, 0) is 62.7 Å². The lowest BCUT2D eigenvalue weighted by Crippen LogP contribution is -2.28. The lowest BCUT2D eigenvalue weighted by molar-refractivity contribution is 0.0636. The molecule has 0 aliphatic carbocycles. The second-order valence-electron chi connectivity index (χ2n) is 9.64. The van der Waals surface area contributed by atoms with Crippen LogP contribution in [0, 0.1) is 16.1 Å². The molecule has 0 spiro atoms. The Hall–Kier alpha value is -3.53. The molecule has 3 N–H and O–H groups in total. The molecule has 9 nitrogen and oxygen atoms in total. The number of hydrogen-bond acceptors (Lipinski definition) is 9. The number of alkyl halides is 1. The van der Waals surface area contributed by atoms with Crippen molar-refractivity contribution in [3.05, 3.63) is 81.6 Å². The van der Waals surface area contributed by atoms with E-state index in [-0.39, 0.29) is 39.9 Å². The quantitative estimate of drug-likeness (QED) is 0.120. The van der Waals surface area contributed by atoms with Gasteiger partial charge in [0.25, 0.3) is 0 Å². The molecule has 0 unspecified atom stereocenters. The molecule has 0 bridgehead atoms. The van der Waals surface area contributed by atoms with Crippen molar-refractivity contribution in [2.24, 2.45) is 0 Å². The van der Waals surface area contributed by atoms with Crippen LogP contribution in [0.3, 0.4) is 0 Å². The van der Waals surface area contributed by atoms with E-state index >= 15 is 0 Å². The summed E-state index contributed by atoms with van der Waals surface area (Å²) in [6, 6.07) is 12.8. The van der Waals surface area contributed by atoms with Crippen molar-refractivity contribution in [2.75, 3.05) is 17.7 Å². The van der Waals surface area contributed by atoms with E-state index in [0.717, 1.165) is 33.3 Å². The number of anilines is 2. The summed E-state index contributed by atoms with van der Waals surface area (Å²) in [5.74, 6) is 0.681. The predicted molar refractivity (Wildman–Crippen MR) is 168 cm³/mol. The molecule has 16 heteroatoms. The minimum absolute atomic E-state index is 0.0294. The van der Waals surface area contributed by atoms with Crippen LogP contribution < -0.4 is 20.7 Å². The van der Waals surface area contributed by atoms with Crippen molar-refractivity contribution >= 4 is 68.4 Å². The molecule has 0 fully saturated rings. The van der Waals surface area contributed by atoms with Gasteiger partial charge >= 0.3 is 12.1 Å². The third-order valence-corrected chi connectivity index (χ3v) is 7.91. The zero-order valence-corrected chi connectivity index (χ0v) is 27.2. The minimum Gasteiger partial charge on any atom is -0.497 e. The van der Waals surface area contributed by atoms with Crippen molar-refractivity contribution < 1.29 is 32.2 Å². The van der Waals surface area contributed by atoms with Crippen molar-refractivity contribution in [3.8, 4) is 5.75 Å². The highest BCUT2D eigenvalue weighted by Gasteiger charge is 2.19. The summed E-state index contributed by atoms with van der Waals surface area (Å²) in [5.41, 5.74) is 0.413. The molecular formula is C28H29ClF3N5O4S3. The predicted octanol–water partition coefficient (Wildman–Crippen LogP) is 8.41. The van der Waals surface area contributed by atoms with Gasteiger partial charge in [0.15, 0.2) is 10.3 Å². The summed E-state index contributed by atoms with van der Waals surface area (Å²) in [4.78, 5) is 32.1. The molecule has 2 heterocycles. The van der Waals surface area contributed by atoms with E-state index in [1.165, 1.54) is 23.9 Å². The Bertz CT molecular complexity index is 1550. The van der Waals surface area contributed by atoms with Gasteiger partial charge in [0, 0.05) is 17.2 Å². The number of amides is 3. The van der Waals surface area contributed by atoms with Crippen LogP contribution >= 0.6 is 46.0 Å². The first-order valence-electron chi connectivity index (χ1n) is 12.8. The summed E-state index contributed by atoms with van der Waals surface area (Å²) in [5, 5.41) is 6.79. The molecular weight excluding hydrogens is 659 g/mol. The average molecular weight is 688 g/mol. The number of rotatable bonds is 9. The Morgan fingerprint density at radius 1 is 0.955 bits per heavy atom. The number of thiazole rings is 2. The molecule has 0 aliphatic rings. The number of benzene rings is 2. The van der Waals surface area contributed by atoms with Gasteiger partial charge in [-0.1, -0.05) is 34.8 Å². The Labute approximate surface area is 269 Å². The zero-order chi connectivity index (χ0) is 32.3. The first kappa shape index (κ1) is 35.0. The Morgan fingerprint density at radius 3 is 2.18 bits per heavy atom. The molecule has 4 aromatic rings. The van der Waals surface area contributed by atoms with E-state index < -0.39 is 28.0 Å². The number of aromatic nitrogens is 2. The van der Waals surface area contributed by atoms with E-state index in [1.807, 2.05) is 24.3 Å². The average Bonchev–Trinajstić information content (AvgIpc) is 3.50. The second kappa shape index (κ2) is 16.5. The molecule has 44 heavy (non-hydrogen) atoms. The molecule has 2 aromatic heterocycles. The maximum Gasteiger partial charge on any atom is 0.413 e. The van der Waals surface area contributed by atoms with Gasteiger partial charge in [0.1, 0.15) is 28.6 Å². The molecule has 0 saturated heterocycles. The van der Waals surface area contributed by atoms with E-state index in [9.17, 15) is 22.8 Å². The normalized spacial score (nSPS) is 10.8. The SMILES string of the molecule is CC(C)(C)OC(=O)Nc1nc(CCl)c(F)s1.COc1ccc(SCc2nc(NC(=O)NCc3cccc(F)c3)sc2F)cc1. The van der Waals surface area contributed by atoms with Gasteiger partial charge in [-0.25, -0.2) is 23.9 Å². The van der Waals surface area contributed by atoms with Gasteiger partial charge in [0.2, 0.25) is 10.3 Å². The highest BCUT2D eigenvalue weighted by Crippen LogP contribution is 2.29. The van der Waals surface area contributed by atoms with Crippen LogP contribution in [0.1, 0.15) is 37.7 Å². The molecule has 0 saturated carbocycles. The molecule has 0 atom stereocenters. The van der Waals surface area contributed by atoms with Gasteiger partial charge in [-0.2, -0.15) is 8.78 Å². The fourth-order valence-electron chi connectivity index (χ4n) is 3.13. The first-order valence-corrected chi connectivity index (χ1v) is 15.9. The Kier molecular flexibility index (Phi) is 13.1. The van der Waals surface area contributed by atoms with Gasteiger partial charge in [0.05, 0.1) is 13.0 Å². The van der Waals surface area contributed by atoms with Gasteiger partial charge in [-0.3, -0.25) is 10.6 Å². The lowest BCUT2D eigenvalue weighted by Gasteiger charge is -2.18. The molecule has 0 aliphatic heterocycles. The molecule has 2 aromatic carbocycles. The van der Waals surface area contributed by atoms with Gasteiger partial charge in [-0.15, -0.1) is 23.4 Å². The number of urea groups is 1. The van der Waals surface area contributed by atoms with Crippen LogP contribution in [0.5, 0.6) is 5.75 Å². The smallest absolute Gasteiger partial charge is 0.413 e. The number of carbonyl (C=O) groups excluding carboxylic acids is 2. The van der Waals surface area contributed by atoms with Crippen LogP contribution in [0.2, 0.25) is 0 Å². The van der Waals surface area contributed by atoms with Crippen molar-refractivity contribution in [1.29, 1.82) is 0 Å². The third kappa shape index (κ3) is 11.9. The van der Waals surface area contributed by atoms with Crippen LogP contribution in [0.4, 0.5) is 33.0 Å². The number of thioether (sulfide) groups is 1. The summed E-state index contributed by atoms with van der Waals surface area (Å²) in [6.07, 6.45) is -0.664. The number of nitrogens with zero attached hydrogens (tertiary/aromatic N) is 2. The van der Waals surface area contributed by atoms with Gasteiger partial charge < -0.3 is 14.8 Å². The van der Waals surface area contributed by atoms with E-state index in [2.05, 4.69) is 25.9 Å². The molecule has 3 amide bonds. The van der Waals surface area contributed by atoms with E-state index in [0.29, 0.717) is 11.3 Å². The third-order valence-electron chi connectivity index (χ3n) is 5.03. The van der Waals surface area contributed by atoms with Crippen molar-refractivity contribution in [3.63, 3.8) is 0 Å². The van der Waals surface area contributed by atoms with Crippen LogP contribution in [0.25, 0.3) is 0 Å². The van der Waals surface area contributed by atoms with E-state index in [4.69, 9.17) is 21.1 Å². The monoisotopic (exact) mass is 687 g/mol. The molecule has 0 radical (unpaired) electrons. The van der Waals surface area contributed by atoms with E-state index in [1.54, 1.807) is 40.0 Å². The summed E-state index contributed by atoms with van der Waals surface area (Å²) < 4.78 is 50.4. The summed E-state index contributed by atoms with van der Waals surface area (Å²) in [6.45, 7) is 5.36. The fourth-order valence-corrected chi connectivity index (χ4v) is 5.70. The lowest BCUT2D eigenvalue weighted by atomic mass is 10.2. The second-order valence-corrected chi connectivity index (χ2v) is 12.9. The maximum absolute atomic E-state index is 14.1. The standard InChI is InChI=1S/C19H17F2N3O2S2.C9H12ClFN2O2S/c1-26-14-5-7-15(8-6-14)27-11-16-17(21)28-19(23-16)24-18(25)22-10-12-3-2-4-13(20)9-12;1-9(2,3)15-8(14)13-7-12-5(4-10)6(11)16-7/h2-9H,10-11H2,1H3,(H2,22,23,24,25);4H2,1-3H3,(H,12,13,14). The van der Waals surface area contributed by atoms with Crippen LogP contribution in [0.15, 0.2) is 53.4 Å². The first-order chi connectivity index (χ1) is 20.8. The van der Waals surface area contributed by atoms with Crippen molar-refractivity contribution in [1.82, 2.24) is 15.3 Å². The zero-order valence-electron chi connectivity index (χ0n) is 24.0. The Morgan fingerprint density at radius 2 is 1.59 bits per heavy atom. The maximum atomic E-state index is 14.1.